The van der Waals surface area contributed by atoms with Crippen LogP contribution in [0.2, 0.25) is 0 Å². The second kappa shape index (κ2) is 6.15. The number of anilines is 1. The van der Waals surface area contributed by atoms with Gasteiger partial charge in [0.05, 0.1) is 17.8 Å². The molecule has 1 aliphatic heterocycles. The van der Waals surface area contributed by atoms with Crippen molar-refractivity contribution in [2.75, 3.05) is 31.5 Å². The molecule has 21 heavy (non-hydrogen) atoms. The molecule has 6 heteroatoms. The number of rotatable bonds is 3. The zero-order chi connectivity index (χ0) is 15.6. The molecule has 1 aliphatic rings. The van der Waals surface area contributed by atoms with Gasteiger partial charge < -0.3 is 10.6 Å². The highest BCUT2D eigenvalue weighted by atomic mass is 16.2. The lowest BCUT2D eigenvalue weighted by molar-refractivity contribution is -0.118. The van der Waals surface area contributed by atoms with E-state index in [2.05, 4.69) is 48.3 Å². The largest absolute Gasteiger partial charge is 0.314 e. The second-order valence-corrected chi connectivity index (χ2v) is 6.83. The minimum atomic E-state index is -0.154. The van der Waals surface area contributed by atoms with Crippen LogP contribution in [-0.4, -0.2) is 52.8 Å². The number of piperazine rings is 1. The van der Waals surface area contributed by atoms with Gasteiger partial charge in [0.15, 0.2) is 0 Å². The first-order valence-corrected chi connectivity index (χ1v) is 7.59. The number of hydrogen-bond acceptors (Lipinski definition) is 4. The highest BCUT2D eigenvalue weighted by Gasteiger charge is 2.23. The lowest BCUT2D eigenvalue weighted by Gasteiger charge is -2.33. The van der Waals surface area contributed by atoms with Gasteiger partial charge in [0.25, 0.3) is 0 Å². The molecule has 1 aromatic rings. The number of aromatic nitrogens is 2. The van der Waals surface area contributed by atoms with Gasteiger partial charge in [-0.15, -0.1) is 0 Å². The Morgan fingerprint density at radius 1 is 1.52 bits per heavy atom. The molecule has 0 aromatic carbocycles. The van der Waals surface area contributed by atoms with Gasteiger partial charge in [0.2, 0.25) is 5.91 Å². The number of carbonyl (C=O) groups excluding carboxylic acids is 1. The maximum Gasteiger partial charge on any atom is 0.239 e. The fourth-order valence-electron chi connectivity index (χ4n) is 2.58. The first-order valence-electron chi connectivity index (χ1n) is 7.59. The Morgan fingerprint density at radius 2 is 2.24 bits per heavy atom. The zero-order valence-corrected chi connectivity index (χ0v) is 13.7. The average Bonchev–Trinajstić information content (AvgIpc) is 2.73. The molecular weight excluding hydrogens is 266 g/mol. The summed E-state index contributed by atoms with van der Waals surface area (Å²) in [7, 11) is 0. The maximum absolute atomic E-state index is 12.3. The second-order valence-electron chi connectivity index (χ2n) is 6.83. The topological polar surface area (TPSA) is 62.2 Å². The highest BCUT2D eigenvalue weighted by Crippen LogP contribution is 2.21. The first-order chi connectivity index (χ1) is 9.77. The normalized spacial score (nSPS) is 20.5. The molecule has 0 spiro atoms. The van der Waals surface area contributed by atoms with Gasteiger partial charge >= 0.3 is 0 Å². The quantitative estimate of drug-likeness (QED) is 0.878. The van der Waals surface area contributed by atoms with Crippen molar-refractivity contribution >= 4 is 11.7 Å². The number of hydrogen-bond donors (Lipinski definition) is 2. The van der Waals surface area contributed by atoms with Crippen LogP contribution in [0.25, 0.3) is 0 Å². The van der Waals surface area contributed by atoms with Crippen LogP contribution in [-0.2, 0) is 10.3 Å². The van der Waals surface area contributed by atoms with Crippen molar-refractivity contribution < 1.29 is 4.79 Å². The fourth-order valence-corrected chi connectivity index (χ4v) is 2.58. The van der Waals surface area contributed by atoms with Gasteiger partial charge in [0.1, 0.15) is 5.82 Å². The molecule has 1 atom stereocenters. The van der Waals surface area contributed by atoms with Crippen LogP contribution in [0, 0.1) is 6.92 Å². The molecule has 0 radical (unpaired) electrons. The molecule has 118 valence electrons. The molecule has 2 heterocycles. The van der Waals surface area contributed by atoms with E-state index in [1.807, 2.05) is 17.7 Å². The third-order valence-corrected chi connectivity index (χ3v) is 3.72. The summed E-state index contributed by atoms with van der Waals surface area (Å²) in [6.45, 7) is 13.5. The fraction of sp³-hybridized carbons (Fsp3) is 0.733. The Kier molecular flexibility index (Phi) is 4.68. The summed E-state index contributed by atoms with van der Waals surface area (Å²) in [4.78, 5) is 14.5. The van der Waals surface area contributed by atoms with Crippen molar-refractivity contribution in [1.82, 2.24) is 20.0 Å². The minimum Gasteiger partial charge on any atom is -0.314 e. The Balaban J connectivity index is 2.03. The molecule has 1 amide bonds. The van der Waals surface area contributed by atoms with E-state index in [9.17, 15) is 4.79 Å². The molecular formula is C15H27N5O. The van der Waals surface area contributed by atoms with Gasteiger partial charge in [-0.1, -0.05) is 0 Å². The van der Waals surface area contributed by atoms with Gasteiger partial charge in [-0.05, 0) is 34.6 Å². The average molecular weight is 293 g/mol. The first kappa shape index (κ1) is 16.0. The third kappa shape index (κ3) is 4.04. The summed E-state index contributed by atoms with van der Waals surface area (Å²) >= 11 is 0. The SMILES string of the molecule is Cc1cc(NC(=O)CN2CCNC[C@H]2C)n(C(C)(C)C)n1. The highest BCUT2D eigenvalue weighted by molar-refractivity contribution is 5.91. The Labute approximate surface area is 126 Å². The van der Waals surface area contributed by atoms with Crippen LogP contribution >= 0.6 is 0 Å². The molecule has 1 saturated heterocycles. The number of nitrogens with one attached hydrogen (secondary N) is 2. The monoisotopic (exact) mass is 293 g/mol. The van der Waals surface area contributed by atoms with Gasteiger partial charge in [-0.3, -0.25) is 9.69 Å². The number of amides is 1. The molecule has 2 N–H and O–H groups in total. The lowest BCUT2D eigenvalue weighted by atomic mass is 10.1. The molecule has 0 unspecified atom stereocenters. The van der Waals surface area contributed by atoms with Gasteiger partial charge in [0, 0.05) is 31.7 Å². The zero-order valence-electron chi connectivity index (χ0n) is 13.7. The summed E-state index contributed by atoms with van der Waals surface area (Å²) in [5.74, 6) is 0.793. The van der Waals surface area contributed by atoms with Crippen LogP contribution in [0.3, 0.4) is 0 Å². The van der Waals surface area contributed by atoms with Crippen molar-refractivity contribution in [3.05, 3.63) is 11.8 Å². The summed E-state index contributed by atoms with van der Waals surface area (Å²) in [5, 5.41) is 10.8. The smallest absolute Gasteiger partial charge is 0.239 e. The van der Waals surface area contributed by atoms with Crippen molar-refractivity contribution in [3.8, 4) is 0 Å². The van der Waals surface area contributed by atoms with Crippen LogP contribution < -0.4 is 10.6 Å². The molecule has 1 fully saturated rings. The predicted octanol–water partition coefficient (Wildman–Crippen LogP) is 1.18. The third-order valence-electron chi connectivity index (χ3n) is 3.72. The molecule has 6 nitrogen and oxygen atoms in total. The van der Waals surface area contributed by atoms with Crippen molar-refractivity contribution in [1.29, 1.82) is 0 Å². The molecule has 2 rings (SSSR count). The van der Waals surface area contributed by atoms with Crippen LogP contribution in [0.15, 0.2) is 6.07 Å². The van der Waals surface area contributed by atoms with E-state index in [1.54, 1.807) is 0 Å². The predicted molar refractivity (Wildman–Crippen MR) is 84.5 cm³/mol. The molecule has 0 aliphatic carbocycles. The Hall–Kier alpha value is -1.40. The van der Waals surface area contributed by atoms with Crippen molar-refractivity contribution in [3.63, 3.8) is 0 Å². The Morgan fingerprint density at radius 3 is 2.86 bits per heavy atom. The van der Waals surface area contributed by atoms with Gasteiger partial charge in [-0.25, -0.2) is 4.68 Å². The van der Waals surface area contributed by atoms with Gasteiger partial charge in [-0.2, -0.15) is 5.10 Å². The van der Waals surface area contributed by atoms with E-state index in [-0.39, 0.29) is 11.4 Å². The standard InChI is InChI=1S/C15H27N5O/c1-11-8-13(20(18-11)15(3,4)5)17-14(21)10-19-7-6-16-9-12(19)2/h8,12,16H,6-7,9-10H2,1-5H3,(H,17,21)/t12-/m1/s1. The molecule has 0 bridgehead atoms. The van der Waals surface area contributed by atoms with Crippen molar-refractivity contribution in [2.45, 2.75) is 46.2 Å². The molecule has 1 aromatic heterocycles. The summed E-state index contributed by atoms with van der Waals surface area (Å²) in [5.41, 5.74) is 0.759. The number of aryl methyl sites for hydroxylation is 1. The Bertz CT molecular complexity index is 503. The van der Waals surface area contributed by atoms with Crippen LogP contribution in [0.5, 0.6) is 0 Å². The van der Waals surface area contributed by atoms with E-state index in [0.717, 1.165) is 31.1 Å². The van der Waals surface area contributed by atoms with E-state index < -0.39 is 0 Å². The van der Waals surface area contributed by atoms with E-state index >= 15 is 0 Å². The lowest BCUT2D eigenvalue weighted by Crippen LogP contribution is -2.52. The number of carbonyl (C=O) groups is 1. The summed E-state index contributed by atoms with van der Waals surface area (Å²) < 4.78 is 1.88. The van der Waals surface area contributed by atoms with E-state index in [0.29, 0.717) is 12.6 Å². The van der Waals surface area contributed by atoms with Crippen molar-refractivity contribution in [2.24, 2.45) is 0 Å². The van der Waals surface area contributed by atoms with E-state index in [1.165, 1.54) is 0 Å². The maximum atomic E-state index is 12.3. The van der Waals surface area contributed by atoms with Crippen LogP contribution in [0.4, 0.5) is 5.82 Å². The summed E-state index contributed by atoms with van der Waals surface area (Å²) in [6.07, 6.45) is 0. The minimum absolute atomic E-state index is 0.0224. The van der Waals surface area contributed by atoms with E-state index in [4.69, 9.17) is 0 Å². The van der Waals surface area contributed by atoms with Crippen LogP contribution in [0.1, 0.15) is 33.4 Å². The number of nitrogens with zero attached hydrogens (tertiary/aromatic N) is 3. The summed E-state index contributed by atoms with van der Waals surface area (Å²) in [6, 6.07) is 2.31. The molecule has 0 saturated carbocycles.